The average Bonchev–Trinajstić information content (AvgIpc) is 3.00. The van der Waals surface area contributed by atoms with Crippen LogP contribution in [0.3, 0.4) is 0 Å². The summed E-state index contributed by atoms with van der Waals surface area (Å²) in [4.78, 5) is 11.3. The molecule has 8 nitrogen and oxygen atoms in total. The van der Waals surface area contributed by atoms with Gasteiger partial charge in [0.25, 0.3) is 0 Å². The maximum absolute atomic E-state index is 6.05. The molecule has 0 aliphatic carbocycles. The van der Waals surface area contributed by atoms with Gasteiger partial charge in [-0.3, -0.25) is 4.40 Å². The number of nitrogens with one attached hydrogen (secondary N) is 1. The van der Waals surface area contributed by atoms with Crippen molar-refractivity contribution >= 4 is 16.8 Å². The van der Waals surface area contributed by atoms with Crippen molar-refractivity contribution < 1.29 is 4.74 Å². The van der Waals surface area contributed by atoms with Crippen LogP contribution in [0.4, 0.5) is 0 Å². The molecule has 18 heavy (non-hydrogen) atoms. The number of hydrogen-bond donors (Lipinski definition) is 2. The zero-order valence-corrected chi connectivity index (χ0v) is 9.87. The van der Waals surface area contributed by atoms with Crippen LogP contribution in [-0.2, 0) is 4.74 Å². The number of aromatic nitrogens is 6. The van der Waals surface area contributed by atoms with Crippen molar-refractivity contribution in [2.24, 2.45) is 5.73 Å². The largest absolute Gasteiger partial charge is 0.385 e. The Morgan fingerprint density at radius 2 is 2.33 bits per heavy atom. The number of nitrogens with zero attached hydrogens (tertiary/aromatic N) is 5. The molecule has 3 N–H and O–H groups in total. The summed E-state index contributed by atoms with van der Waals surface area (Å²) >= 11 is 0. The average molecular weight is 247 g/mol. The van der Waals surface area contributed by atoms with E-state index < -0.39 is 0 Å². The number of ether oxygens (including phenoxy) is 1. The maximum Gasteiger partial charge on any atom is 0.189 e. The van der Waals surface area contributed by atoms with E-state index >= 15 is 0 Å². The quantitative estimate of drug-likeness (QED) is 0.674. The molecular formula is C10H13N7O. The fourth-order valence-electron chi connectivity index (χ4n) is 1.88. The van der Waals surface area contributed by atoms with E-state index in [1.54, 1.807) is 24.2 Å². The van der Waals surface area contributed by atoms with Gasteiger partial charge in [-0.2, -0.15) is 0 Å². The van der Waals surface area contributed by atoms with Gasteiger partial charge in [0.15, 0.2) is 17.1 Å². The molecule has 3 aromatic rings. The summed E-state index contributed by atoms with van der Waals surface area (Å²) in [5.41, 5.74) is 8.11. The number of hydrogen-bond acceptors (Lipinski definition) is 6. The van der Waals surface area contributed by atoms with E-state index in [0.29, 0.717) is 30.1 Å². The fraction of sp³-hybridized carbons (Fsp3) is 0.400. The SMILES string of the molecule is COCCC(N)c1nnc2c3[nH]cnc3ncn12. The summed E-state index contributed by atoms with van der Waals surface area (Å²) in [6, 6.07) is -0.234. The van der Waals surface area contributed by atoms with Crippen molar-refractivity contribution in [1.82, 2.24) is 29.5 Å². The first kappa shape index (κ1) is 11.1. The summed E-state index contributed by atoms with van der Waals surface area (Å²) in [6.07, 6.45) is 3.90. The van der Waals surface area contributed by atoms with Gasteiger partial charge in [-0.05, 0) is 6.42 Å². The summed E-state index contributed by atoms with van der Waals surface area (Å²) in [6.45, 7) is 0.579. The normalized spacial score (nSPS) is 13.4. The highest BCUT2D eigenvalue weighted by molar-refractivity contribution is 5.84. The molecule has 0 radical (unpaired) electrons. The second kappa shape index (κ2) is 4.31. The minimum absolute atomic E-state index is 0.234. The van der Waals surface area contributed by atoms with Crippen molar-refractivity contribution in [2.45, 2.75) is 12.5 Å². The molecule has 8 heteroatoms. The van der Waals surface area contributed by atoms with E-state index in [9.17, 15) is 0 Å². The van der Waals surface area contributed by atoms with Gasteiger partial charge in [-0.15, -0.1) is 10.2 Å². The van der Waals surface area contributed by atoms with Crippen LogP contribution >= 0.6 is 0 Å². The van der Waals surface area contributed by atoms with Crippen LogP contribution in [0.1, 0.15) is 18.3 Å². The summed E-state index contributed by atoms with van der Waals surface area (Å²) in [7, 11) is 1.64. The molecule has 0 saturated carbocycles. The molecular weight excluding hydrogens is 234 g/mol. The van der Waals surface area contributed by atoms with E-state index in [1.807, 2.05) is 0 Å². The van der Waals surface area contributed by atoms with Gasteiger partial charge >= 0.3 is 0 Å². The Hall–Kier alpha value is -2.06. The number of H-pyrrole nitrogens is 1. The molecule has 1 unspecified atom stereocenters. The molecule has 3 aromatic heterocycles. The highest BCUT2D eigenvalue weighted by atomic mass is 16.5. The molecule has 3 rings (SSSR count). The van der Waals surface area contributed by atoms with Crippen molar-refractivity contribution in [3.63, 3.8) is 0 Å². The van der Waals surface area contributed by atoms with E-state index in [1.165, 1.54) is 0 Å². The van der Waals surface area contributed by atoms with Gasteiger partial charge in [0.05, 0.1) is 12.4 Å². The van der Waals surface area contributed by atoms with E-state index in [4.69, 9.17) is 10.5 Å². The topological polar surface area (TPSA) is 107 Å². The first-order valence-electron chi connectivity index (χ1n) is 5.58. The smallest absolute Gasteiger partial charge is 0.189 e. The van der Waals surface area contributed by atoms with Crippen LogP contribution in [0.25, 0.3) is 16.8 Å². The molecule has 1 atom stereocenters. The predicted octanol–water partition coefficient (Wildman–Crippen LogP) is 0.0369. The van der Waals surface area contributed by atoms with Crippen LogP contribution in [0, 0.1) is 0 Å². The van der Waals surface area contributed by atoms with Gasteiger partial charge in [0.1, 0.15) is 11.8 Å². The number of methoxy groups -OCH3 is 1. The monoisotopic (exact) mass is 247 g/mol. The third kappa shape index (κ3) is 1.62. The Morgan fingerprint density at radius 1 is 1.44 bits per heavy atom. The minimum Gasteiger partial charge on any atom is -0.385 e. The fourth-order valence-corrected chi connectivity index (χ4v) is 1.88. The second-order valence-corrected chi connectivity index (χ2v) is 3.99. The van der Waals surface area contributed by atoms with Gasteiger partial charge in [0, 0.05) is 13.7 Å². The standard InChI is InChI=1S/C10H13N7O/c1-18-3-2-6(11)9-15-16-10-7-8(13-4-12-7)14-5-17(9)10/h4-6H,2-3,11H2,1H3,(H,12,13). The van der Waals surface area contributed by atoms with Crippen molar-refractivity contribution in [2.75, 3.05) is 13.7 Å². The lowest BCUT2D eigenvalue weighted by atomic mass is 10.2. The highest BCUT2D eigenvalue weighted by Crippen LogP contribution is 2.17. The first-order chi connectivity index (χ1) is 8.81. The molecule has 3 heterocycles. The molecule has 0 aromatic carbocycles. The zero-order chi connectivity index (χ0) is 12.5. The molecule has 94 valence electrons. The summed E-state index contributed by atoms with van der Waals surface area (Å²) < 4.78 is 6.79. The summed E-state index contributed by atoms with van der Waals surface area (Å²) in [5, 5.41) is 8.25. The van der Waals surface area contributed by atoms with Crippen molar-refractivity contribution in [3.8, 4) is 0 Å². The van der Waals surface area contributed by atoms with Crippen molar-refractivity contribution in [3.05, 3.63) is 18.5 Å². The van der Waals surface area contributed by atoms with Gasteiger partial charge in [-0.25, -0.2) is 9.97 Å². The minimum atomic E-state index is -0.234. The summed E-state index contributed by atoms with van der Waals surface area (Å²) in [5.74, 6) is 0.672. The number of rotatable bonds is 4. The maximum atomic E-state index is 6.05. The van der Waals surface area contributed by atoms with Crippen LogP contribution < -0.4 is 5.73 Å². The Labute approximate surface area is 102 Å². The third-order valence-electron chi connectivity index (χ3n) is 2.83. The Balaban J connectivity index is 2.08. The molecule has 0 aliphatic heterocycles. The number of fused-ring (bicyclic) bond motifs is 3. The lowest BCUT2D eigenvalue weighted by molar-refractivity contribution is 0.187. The van der Waals surface area contributed by atoms with E-state index in [-0.39, 0.29) is 6.04 Å². The van der Waals surface area contributed by atoms with Gasteiger partial charge in [-0.1, -0.05) is 0 Å². The molecule has 0 amide bonds. The lowest BCUT2D eigenvalue weighted by Crippen LogP contribution is -2.16. The zero-order valence-electron chi connectivity index (χ0n) is 9.87. The second-order valence-electron chi connectivity index (χ2n) is 3.99. The molecule has 0 fully saturated rings. The number of nitrogens with two attached hydrogens (primary N) is 1. The van der Waals surface area contributed by atoms with Gasteiger partial charge in [0.2, 0.25) is 0 Å². The Bertz CT molecular complexity index is 673. The molecule has 0 saturated heterocycles. The molecule has 0 aliphatic rings. The van der Waals surface area contributed by atoms with Crippen molar-refractivity contribution in [1.29, 1.82) is 0 Å². The van der Waals surface area contributed by atoms with Crippen LogP contribution in [-0.4, -0.2) is 43.3 Å². The Morgan fingerprint density at radius 3 is 3.17 bits per heavy atom. The van der Waals surface area contributed by atoms with Crippen LogP contribution in [0.2, 0.25) is 0 Å². The Kier molecular flexibility index (Phi) is 2.65. The third-order valence-corrected chi connectivity index (χ3v) is 2.83. The molecule has 0 bridgehead atoms. The number of imidazole rings is 1. The molecule has 0 spiro atoms. The number of aromatic amines is 1. The highest BCUT2D eigenvalue weighted by Gasteiger charge is 2.16. The first-order valence-corrected chi connectivity index (χ1v) is 5.58. The van der Waals surface area contributed by atoms with E-state index in [0.717, 1.165) is 5.52 Å². The van der Waals surface area contributed by atoms with Crippen LogP contribution in [0.5, 0.6) is 0 Å². The van der Waals surface area contributed by atoms with Gasteiger partial charge < -0.3 is 15.5 Å². The van der Waals surface area contributed by atoms with E-state index in [2.05, 4.69) is 25.1 Å². The van der Waals surface area contributed by atoms with Crippen LogP contribution in [0.15, 0.2) is 12.7 Å². The predicted molar refractivity (Wildman–Crippen MR) is 63.9 cm³/mol. The lowest BCUT2D eigenvalue weighted by Gasteiger charge is -2.08.